The van der Waals surface area contributed by atoms with Crippen molar-refractivity contribution < 1.29 is 14.2 Å². The Bertz CT molecular complexity index is 740. The zero-order chi connectivity index (χ0) is 17.8. The van der Waals surface area contributed by atoms with Crippen LogP contribution >= 0.6 is 0 Å². The van der Waals surface area contributed by atoms with Crippen LogP contribution in [-0.4, -0.2) is 35.7 Å². The highest BCUT2D eigenvalue weighted by Gasteiger charge is 2.28. The third kappa shape index (κ3) is 4.43. The van der Waals surface area contributed by atoms with Gasteiger partial charge >= 0.3 is 0 Å². The Morgan fingerprint density at radius 1 is 1.20 bits per heavy atom. The van der Waals surface area contributed by atoms with E-state index in [1.54, 1.807) is 36.4 Å². The maximum atomic E-state index is 13.1. The van der Waals surface area contributed by atoms with Gasteiger partial charge in [-0.1, -0.05) is 24.3 Å². The van der Waals surface area contributed by atoms with Crippen LogP contribution in [0.3, 0.4) is 0 Å². The molecule has 0 radical (unpaired) electrons. The van der Waals surface area contributed by atoms with Gasteiger partial charge in [0.1, 0.15) is 5.82 Å². The first-order chi connectivity index (χ1) is 12.0. The second kappa shape index (κ2) is 7.75. The summed E-state index contributed by atoms with van der Waals surface area (Å²) in [5.41, 5.74) is 2.30. The summed E-state index contributed by atoms with van der Waals surface area (Å²) in [5, 5.41) is 19.4. The number of benzene rings is 2. The highest BCUT2D eigenvalue weighted by molar-refractivity contribution is 5.32. The minimum Gasteiger partial charge on any atom is -0.387 e. The summed E-state index contributed by atoms with van der Waals surface area (Å²) < 4.78 is 19.1. The number of nitriles is 1. The molecule has 0 bridgehead atoms. The predicted molar refractivity (Wildman–Crippen MR) is 92.2 cm³/mol. The van der Waals surface area contributed by atoms with Crippen LogP contribution in [0.2, 0.25) is 0 Å². The summed E-state index contributed by atoms with van der Waals surface area (Å²) in [5.74, 6) is -0.263. The number of aliphatic hydroxyl groups excluding tert-OH is 1. The van der Waals surface area contributed by atoms with Crippen LogP contribution < -0.4 is 0 Å². The topological polar surface area (TPSA) is 56.5 Å². The third-order valence-electron chi connectivity index (χ3n) is 4.43. The van der Waals surface area contributed by atoms with Crippen LogP contribution in [0.1, 0.15) is 35.8 Å². The molecule has 2 aromatic rings. The molecule has 2 aromatic carbocycles. The van der Waals surface area contributed by atoms with E-state index in [2.05, 4.69) is 11.0 Å². The first-order valence-corrected chi connectivity index (χ1v) is 8.36. The minimum absolute atomic E-state index is 0.0250. The summed E-state index contributed by atoms with van der Waals surface area (Å²) in [7, 11) is 0. The Morgan fingerprint density at radius 2 is 1.88 bits per heavy atom. The Labute approximate surface area is 147 Å². The van der Waals surface area contributed by atoms with Crippen molar-refractivity contribution in [3.8, 4) is 6.07 Å². The molecule has 3 unspecified atom stereocenters. The highest BCUT2D eigenvalue weighted by atomic mass is 19.1. The van der Waals surface area contributed by atoms with Crippen LogP contribution in [0.5, 0.6) is 0 Å². The van der Waals surface area contributed by atoms with Crippen molar-refractivity contribution in [2.45, 2.75) is 25.2 Å². The van der Waals surface area contributed by atoms with E-state index < -0.39 is 6.10 Å². The summed E-state index contributed by atoms with van der Waals surface area (Å²) in [6.07, 6.45) is -0.749. The van der Waals surface area contributed by atoms with Crippen LogP contribution in [0.15, 0.2) is 48.5 Å². The van der Waals surface area contributed by atoms with Crippen molar-refractivity contribution in [2.75, 3.05) is 19.6 Å². The van der Waals surface area contributed by atoms with Gasteiger partial charge < -0.3 is 9.84 Å². The zero-order valence-electron chi connectivity index (χ0n) is 14.1. The van der Waals surface area contributed by atoms with E-state index in [9.17, 15) is 9.50 Å². The maximum Gasteiger partial charge on any atom is 0.123 e. The standard InChI is InChI=1S/C20H21FN2O2/c1-14-11-23(12-19(24)16-4-2-15(10-22)3-5-16)13-20(25-14)17-6-8-18(21)9-7-17/h2-9,14,19-20,24H,11-13H2,1H3. The third-order valence-corrected chi connectivity index (χ3v) is 4.43. The first-order valence-electron chi connectivity index (χ1n) is 8.36. The molecule has 3 rings (SSSR count). The molecule has 0 aromatic heterocycles. The van der Waals surface area contributed by atoms with E-state index in [0.29, 0.717) is 18.7 Å². The van der Waals surface area contributed by atoms with Gasteiger partial charge in [0, 0.05) is 19.6 Å². The lowest BCUT2D eigenvalue weighted by Gasteiger charge is -2.38. The summed E-state index contributed by atoms with van der Waals surface area (Å²) in [6.45, 7) is 3.85. The number of rotatable bonds is 4. The minimum atomic E-state index is -0.632. The van der Waals surface area contributed by atoms with Gasteiger partial charge in [0.15, 0.2) is 0 Å². The van der Waals surface area contributed by atoms with Gasteiger partial charge in [0.05, 0.1) is 29.9 Å². The van der Waals surface area contributed by atoms with Crippen LogP contribution in [0, 0.1) is 17.1 Å². The first kappa shape index (κ1) is 17.6. The molecule has 5 heteroatoms. The van der Waals surface area contributed by atoms with Crippen LogP contribution in [0.4, 0.5) is 4.39 Å². The Balaban J connectivity index is 1.66. The van der Waals surface area contributed by atoms with Crippen LogP contribution in [0.25, 0.3) is 0 Å². The number of hydrogen-bond acceptors (Lipinski definition) is 4. The van der Waals surface area contributed by atoms with Crippen molar-refractivity contribution in [3.63, 3.8) is 0 Å². The average Bonchev–Trinajstić information content (AvgIpc) is 2.62. The van der Waals surface area contributed by atoms with E-state index in [-0.39, 0.29) is 18.0 Å². The SMILES string of the molecule is CC1CN(CC(O)c2ccc(C#N)cc2)CC(c2ccc(F)cc2)O1. The molecule has 1 fully saturated rings. The number of hydrogen-bond donors (Lipinski definition) is 1. The highest BCUT2D eigenvalue weighted by Crippen LogP contribution is 2.27. The summed E-state index contributed by atoms with van der Waals surface area (Å²) >= 11 is 0. The monoisotopic (exact) mass is 340 g/mol. The fourth-order valence-electron chi connectivity index (χ4n) is 3.18. The van der Waals surface area contributed by atoms with Crippen LogP contribution in [-0.2, 0) is 4.74 Å². The van der Waals surface area contributed by atoms with Crippen molar-refractivity contribution in [1.82, 2.24) is 4.90 Å². The van der Waals surface area contributed by atoms with Crippen molar-refractivity contribution in [2.24, 2.45) is 0 Å². The molecule has 0 saturated carbocycles. The van der Waals surface area contributed by atoms with Gasteiger partial charge in [-0.3, -0.25) is 4.90 Å². The van der Waals surface area contributed by atoms with E-state index in [1.165, 1.54) is 12.1 Å². The van der Waals surface area contributed by atoms with Crippen molar-refractivity contribution in [1.29, 1.82) is 5.26 Å². The Hall–Kier alpha value is -2.26. The number of aliphatic hydroxyl groups is 1. The number of nitrogens with zero attached hydrogens (tertiary/aromatic N) is 2. The number of halogens is 1. The molecule has 0 aliphatic carbocycles. The normalized spacial score (nSPS) is 22.3. The number of β-amino-alcohol motifs (C(OH)–C–C–N with tert-alkyl or cyclic N) is 1. The van der Waals surface area contributed by atoms with Gasteiger partial charge in [0.25, 0.3) is 0 Å². The molecule has 1 N–H and O–H groups in total. The van der Waals surface area contributed by atoms with E-state index in [1.807, 2.05) is 6.92 Å². The molecule has 25 heavy (non-hydrogen) atoms. The molecular weight excluding hydrogens is 319 g/mol. The van der Waals surface area contributed by atoms with E-state index in [0.717, 1.165) is 17.7 Å². The molecule has 1 heterocycles. The fourth-order valence-corrected chi connectivity index (χ4v) is 3.18. The number of morpholine rings is 1. The Morgan fingerprint density at radius 3 is 2.52 bits per heavy atom. The lowest BCUT2D eigenvalue weighted by Crippen LogP contribution is -2.44. The lowest BCUT2D eigenvalue weighted by molar-refractivity contribution is -0.0870. The summed E-state index contributed by atoms with van der Waals surface area (Å²) in [4.78, 5) is 2.16. The lowest BCUT2D eigenvalue weighted by atomic mass is 10.0. The van der Waals surface area contributed by atoms with Gasteiger partial charge in [-0.05, 0) is 42.3 Å². The summed E-state index contributed by atoms with van der Waals surface area (Å²) in [6, 6.07) is 15.4. The molecule has 130 valence electrons. The van der Waals surface area contributed by atoms with Gasteiger partial charge in [-0.15, -0.1) is 0 Å². The fraction of sp³-hybridized carbons (Fsp3) is 0.350. The second-order valence-electron chi connectivity index (χ2n) is 6.46. The quantitative estimate of drug-likeness (QED) is 0.929. The largest absolute Gasteiger partial charge is 0.387 e. The Kier molecular flexibility index (Phi) is 5.44. The van der Waals surface area contributed by atoms with E-state index >= 15 is 0 Å². The molecule has 4 nitrogen and oxygen atoms in total. The number of ether oxygens (including phenoxy) is 1. The van der Waals surface area contributed by atoms with Gasteiger partial charge in [-0.25, -0.2) is 4.39 Å². The molecule has 3 atom stereocenters. The van der Waals surface area contributed by atoms with E-state index in [4.69, 9.17) is 10.00 Å². The maximum absolute atomic E-state index is 13.1. The second-order valence-corrected chi connectivity index (χ2v) is 6.46. The predicted octanol–water partition coefficient (Wildman–Crippen LogP) is 3.19. The molecule has 1 aliphatic rings. The molecule has 1 aliphatic heterocycles. The van der Waals surface area contributed by atoms with Crippen molar-refractivity contribution in [3.05, 3.63) is 71.0 Å². The van der Waals surface area contributed by atoms with Crippen molar-refractivity contribution >= 4 is 0 Å². The smallest absolute Gasteiger partial charge is 0.123 e. The zero-order valence-corrected chi connectivity index (χ0v) is 14.1. The molecule has 1 saturated heterocycles. The molecule has 0 amide bonds. The van der Waals surface area contributed by atoms with Gasteiger partial charge in [-0.2, -0.15) is 5.26 Å². The molecular formula is C20H21FN2O2. The van der Waals surface area contributed by atoms with Gasteiger partial charge in [0.2, 0.25) is 0 Å². The average molecular weight is 340 g/mol. The molecule has 0 spiro atoms.